The molecule has 0 heterocycles. The normalized spacial score (nSPS) is 9.95. The summed E-state index contributed by atoms with van der Waals surface area (Å²) in [5.74, 6) is -0.455. The largest absolute Gasteiger partial charge is 0.399 e. The third-order valence-corrected chi connectivity index (χ3v) is 2.70. The van der Waals surface area contributed by atoms with Crippen molar-refractivity contribution in [3.63, 3.8) is 0 Å². The van der Waals surface area contributed by atoms with Crippen molar-refractivity contribution in [3.8, 4) is 0 Å². The average Bonchev–Trinajstić information content (AvgIpc) is 2.39. The zero-order valence-corrected chi connectivity index (χ0v) is 11.5. The number of rotatable bonds is 3. The Bertz CT molecular complexity index is 660. The monoisotopic (exact) mass is 284 g/mol. The third kappa shape index (κ3) is 3.97. The number of benzene rings is 2. The standard InChI is InChI=1S/C15H16N4O2/c1-9(20)18-13-2-4-14(5-3-13)19-15(21)10-6-11(16)8-12(17)7-10/h2-8H,16-17H2,1H3,(H,18,20)(H,19,21). The molecule has 21 heavy (non-hydrogen) atoms. The number of carbonyl (C=O) groups excluding carboxylic acids is 2. The van der Waals surface area contributed by atoms with Crippen LogP contribution in [0.3, 0.4) is 0 Å². The molecule has 0 unspecified atom stereocenters. The molecular formula is C15H16N4O2. The van der Waals surface area contributed by atoms with Gasteiger partial charge in [0.05, 0.1) is 0 Å². The Balaban J connectivity index is 2.10. The molecule has 2 aromatic carbocycles. The lowest BCUT2D eigenvalue weighted by molar-refractivity contribution is -0.114. The highest BCUT2D eigenvalue weighted by molar-refractivity contribution is 6.05. The van der Waals surface area contributed by atoms with Crippen LogP contribution in [-0.2, 0) is 4.79 Å². The molecule has 2 aromatic rings. The van der Waals surface area contributed by atoms with Gasteiger partial charge < -0.3 is 22.1 Å². The minimum atomic E-state index is -0.304. The van der Waals surface area contributed by atoms with Crippen molar-refractivity contribution in [2.75, 3.05) is 22.1 Å². The van der Waals surface area contributed by atoms with Gasteiger partial charge in [-0.05, 0) is 42.5 Å². The van der Waals surface area contributed by atoms with Crippen LogP contribution in [0.25, 0.3) is 0 Å². The van der Waals surface area contributed by atoms with Gasteiger partial charge in [0.25, 0.3) is 5.91 Å². The van der Waals surface area contributed by atoms with Gasteiger partial charge in [0.15, 0.2) is 0 Å². The van der Waals surface area contributed by atoms with Crippen molar-refractivity contribution in [1.82, 2.24) is 0 Å². The van der Waals surface area contributed by atoms with E-state index in [2.05, 4.69) is 10.6 Å². The maximum Gasteiger partial charge on any atom is 0.255 e. The van der Waals surface area contributed by atoms with Crippen molar-refractivity contribution in [2.45, 2.75) is 6.92 Å². The lowest BCUT2D eigenvalue weighted by Crippen LogP contribution is -2.13. The van der Waals surface area contributed by atoms with E-state index in [0.717, 1.165) is 0 Å². The molecule has 0 bridgehead atoms. The first-order valence-electron chi connectivity index (χ1n) is 6.29. The van der Waals surface area contributed by atoms with Crippen LogP contribution in [0.2, 0.25) is 0 Å². The molecule has 2 rings (SSSR count). The van der Waals surface area contributed by atoms with Crippen LogP contribution < -0.4 is 22.1 Å². The predicted octanol–water partition coefficient (Wildman–Crippen LogP) is 2.06. The van der Waals surface area contributed by atoms with Gasteiger partial charge >= 0.3 is 0 Å². The number of hydrogen-bond donors (Lipinski definition) is 4. The van der Waals surface area contributed by atoms with E-state index in [1.807, 2.05) is 0 Å². The zero-order chi connectivity index (χ0) is 15.4. The maximum atomic E-state index is 12.1. The molecule has 0 aliphatic rings. The Morgan fingerprint density at radius 2 is 1.33 bits per heavy atom. The second-order valence-electron chi connectivity index (χ2n) is 4.60. The van der Waals surface area contributed by atoms with E-state index < -0.39 is 0 Å². The number of nitrogens with two attached hydrogens (primary N) is 2. The molecule has 0 aliphatic carbocycles. The van der Waals surface area contributed by atoms with E-state index >= 15 is 0 Å². The molecular weight excluding hydrogens is 268 g/mol. The average molecular weight is 284 g/mol. The molecule has 0 fully saturated rings. The van der Waals surface area contributed by atoms with Gasteiger partial charge in [-0.1, -0.05) is 0 Å². The topological polar surface area (TPSA) is 110 Å². The summed E-state index contributed by atoms with van der Waals surface area (Å²) in [7, 11) is 0. The highest BCUT2D eigenvalue weighted by Gasteiger charge is 2.08. The summed E-state index contributed by atoms with van der Waals surface area (Å²) in [6.07, 6.45) is 0. The fourth-order valence-electron chi connectivity index (χ4n) is 1.85. The van der Waals surface area contributed by atoms with Crippen molar-refractivity contribution >= 4 is 34.6 Å². The summed E-state index contributed by atoms with van der Waals surface area (Å²) in [5, 5.41) is 5.38. The maximum absolute atomic E-state index is 12.1. The minimum absolute atomic E-state index is 0.151. The van der Waals surface area contributed by atoms with E-state index in [9.17, 15) is 9.59 Å². The molecule has 6 heteroatoms. The number of hydrogen-bond acceptors (Lipinski definition) is 4. The quantitative estimate of drug-likeness (QED) is 0.646. The first-order chi connectivity index (χ1) is 9.94. The Labute approximate surface area is 122 Å². The molecule has 2 amide bonds. The summed E-state index contributed by atoms with van der Waals surface area (Å²) in [4.78, 5) is 23.0. The van der Waals surface area contributed by atoms with E-state index in [-0.39, 0.29) is 11.8 Å². The van der Waals surface area contributed by atoms with E-state index in [4.69, 9.17) is 11.5 Å². The minimum Gasteiger partial charge on any atom is -0.399 e. The second kappa shape index (κ2) is 5.96. The van der Waals surface area contributed by atoms with Crippen molar-refractivity contribution in [3.05, 3.63) is 48.0 Å². The fraction of sp³-hybridized carbons (Fsp3) is 0.0667. The van der Waals surface area contributed by atoms with Gasteiger partial charge in [-0.25, -0.2) is 0 Å². The second-order valence-corrected chi connectivity index (χ2v) is 4.60. The van der Waals surface area contributed by atoms with Crippen molar-refractivity contribution in [2.24, 2.45) is 0 Å². The molecule has 0 aromatic heterocycles. The summed E-state index contributed by atoms with van der Waals surface area (Å²) >= 11 is 0. The molecule has 0 radical (unpaired) electrons. The SMILES string of the molecule is CC(=O)Nc1ccc(NC(=O)c2cc(N)cc(N)c2)cc1. The van der Waals surface area contributed by atoms with Crippen molar-refractivity contribution in [1.29, 1.82) is 0 Å². The Morgan fingerprint density at radius 3 is 1.81 bits per heavy atom. The lowest BCUT2D eigenvalue weighted by Gasteiger charge is -2.08. The van der Waals surface area contributed by atoms with E-state index in [1.54, 1.807) is 42.5 Å². The first-order valence-corrected chi connectivity index (χ1v) is 6.29. The molecule has 0 atom stereocenters. The van der Waals surface area contributed by atoms with Crippen LogP contribution in [0, 0.1) is 0 Å². The Kier molecular flexibility index (Phi) is 4.08. The Morgan fingerprint density at radius 1 is 0.857 bits per heavy atom. The van der Waals surface area contributed by atoms with Crippen LogP contribution in [0.4, 0.5) is 22.7 Å². The lowest BCUT2D eigenvalue weighted by atomic mass is 10.1. The molecule has 0 aliphatic heterocycles. The molecule has 0 saturated carbocycles. The van der Waals surface area contributed by atoms with Gasteiger partial charge in [0.2, 0.25) is 5.91 Å². The van der Waals surface area contributed by atoms with Crippen LogP contribution in [0.5, 0.6) is 0 Å². The van der Waals surface area contributed by atoms with Crippen LogP contribution in [0.1, 0.15) is 17.3 Å². The van der Waals surface area contributed by atoms with Gasteiger partial charge in [-0.3, -0.25) is 9.59 Å². The number of nitrogen functional groups attached to an aromatic ring is 2. The molecule has 0 spiro atoms. The first kappa shape index (κ1) is 14.4. The van der Waals surface area contributed by atoms with Crippen molar-refractivity contribution < 1.29 is 9.59 Å². The predicted molar refractivity (Wildman–Crippen MR) is 84.0 cm³/mol. The zero-order valence-electron chi connectivity index (χ0n) is 11.5. The molecule has 108 valence electrons. The van der Waals surface area contributed by atoms with Gasteiger partial charge in [-0.2, -0.15) is 0 Å². The third-order valence-electron chi connectivity index (χ3n) is 2.70. The van der Waals surface area contributed by atoms with Gasteiger partial charge in [0.1, 0.15) is 0 Å². The van der Waals surface area contributed by atoms with Crippen LogP contribution in [0.15, 0.2) is 42.5 Å². The molecule has 0 saturated heterocycles. The number of carbonyl (C=O) groups is 2. The van der Waals surface area contributed by atoms with E-state index in [0.29, 0.717) is 28.3 Å². The number of amides is 2. The number of anilines is 4. The highest BCUT2D eigenvalue weighted by Crippen LogP contribution is 2.17. The smallest absolute Gasteiger partial charge is 0.255 e. The molecule has 6 N–H and O–H groups in total. The summed E-state index contributed by atoms with van der Waals surface area (Å²) in [6, 6.07) is 11.5. The van der Waals surface area contributed by atoms with Gasteiger partial charge in [0, 0.05) is 35.2 Å². The van der Waals surface area contributed by atoms with Gasteiger partial charge in [-0.15, -0.1) is 0 Å². The molecule has 6 nitrogen and oxygen atoms in total. The van der Waals surface area contributed by atoms with Crippen LogP contribution >= 0.6 is 0 Å². The Hall–Kier alpha value is -3.02. The fourth-order valence-corrected chi connectivity index (χ4v) is 1.85. The summed E-state index contributed by atoms with van der Waals surface area (Å²) in [6.45, 7) is 1.43. The highest BCUT2D eigenvalue weighted by atomic mass is 16.2. The van der Waals surface area contributed by atoms with E-state index in [1.165, 1.54) is 6.92 Å². The summed E-state index contributed by atoms with van der Waals surface area (Å²) < 4.78 is 0. The van der Waals surface area contributed by atoms with Crippen LogP contribution in [-0.4, -0.2) is 11.8 Å². The summed E-state index contributed by atoms with van der Waals surface area (Å²) in [5.41, 5.74) is 13.8. The number of nitrogens with one attached hydrogen (secondary N) is 2.